The molecular formula is C46H60N12O11. The van der Waals surface area contributed by atoms with E-state index in [0.29, 0.717) is 34.9 Å². The fourth-order valence-electron chi connectivity index (χ4n) is 8.91. The van der Waals surface area contributed by atoms with Crippen LogP contribution in [0.4, 0.5) is 0 Å². The Kier molecular flexibility index (Phi) is 17.3. The Morgan fingerprint density at radius 2 is 1.20 bits per heavy atom. The molecule has 0 aliphatic carbocycles. The molecule has 0 unspecified atom stereocenters. The third kappa shape index (κ3) is 13.1. The number of benzene rings is 2. The van der Waals surface area contributed by atoms with Crippen LogP contribution in [0.2, 0.25) is 0 Å². The first-order valence-corrected chi connectivity index (χ1v) is 22.9. The van der Waals surface area contributed by atoms with Crippen LogP contribution in [0, 0.1) is 0 Å². The number of aromatic nitrogens is 1. The first-order valence-electron chi connectivity index (χ1n) is 22.9. The van der Waals surface area contributed by atoms with E-state index in [0.717, 1.165) is 4.90 Å². The second kappa shape index (κ2) is 23.4. The van der Waals surface area contributed by atoms with Crippen molar-refractivity contribution in [2.75, 3.05) is 26.2 Å². The molecule has 8 amide bonds. The van der Waals surface area contributed by atoms with Gasteiger partial charge in [0.25, 0.3) is 0 Å². The maximum Gasteiger partial charge on any atom is 0.305 e. The summed E-state index contributed by atoms with van der Waals surface area (Å²) in [6.45, 7) is 0.698. The second-order valence-corrected chi connectivity index (χ2v) is 17.4. The van der Waals surface area contributed by atoms with Crippen molar-refractivity contribution in [3.63, 3.8) is 0 Å². The number of aromatic amines is 1. The highest BCUT2D eigenvalue weighted by molar-refractivity contribution is 6.00. The number of carbonyl (C=O) groups excluding carboxylic acids is 8. The van der Waals surface area contributed by atoms with Gasteiger partial charge in [0.15, 0.2) is 5.96 Å². The Balaban J connectivity index is 1.37. The molecule has 8 atom stereocenters. The zero-order valence-corrected chi connectivity index (χ0v) is 38.1. The van der Waals surface area contributed by atoms with Gasteiger partial charge in [0, 0.05) is 49.6 Å². The number of hydrogen-bond acceptors (Lipinski definition) is 11. The van der Waals surface area contributed by atoms with Crippen LogP contribution >= 0.6 is 0 Å². The lowest BCUT2D eigenvalue weighted by molar-refractivity contribution is -0.145. The van der Waals surface area contributed by atoms with E-state index in [-0.39, 0.29) is 64.1 Å². The number of nitrogens with one attached hydrogen (secondary N) is 7. The first-order chi connectivity index (χ1) is 33.0. The maximum atomic E-state index is 14.5. The van der Waals surface area contributed by atoms with Crippen molar-refractivity contribution in [2.45, 2.75) is 113 Å². The molecule has 0 bridgehead atoms. The average Bonchev–Trinajstić information content (AvgIpc) is 4.11. The van der Waals surface area contributed by atoms with Crippen molar-refractivity contribution in [1.82, 2.24) is 46.7 Å². The number of nitrogens with two attached hydrogens (primary N) is 2. The van der Waals surface area contributed by atoms with Gasteiger partial charge in [-0.25, -0.2) is 0 Å². The Hall–Kier alpha value is -7.56. The molecule has 0 spiro atoms. The smallest absolute Gasteiger partial charge is 0.305 e. The molecule has 370 valence electrons. The molecular weight excluding hydrogens is 897 g/mol. The summed E-state index contributed by atoms with van der Waals surface area (Å²) >= 11 is 0. The predicted octanol–water partition coefficient (Wildman–Crippen LogP) is -2.60. The van der Waals surface area contributed by atoms with E-state index >= 15 is 0 Å². The highest BCUT2D eigenvalue weighted by Gasteiger charge is 2.42. The van der Waals surface area contributed by atoms with Gasteiger partial charge in [0.2, 0.25) is 47.3 Å². The molecule has 13 N–H and O–H groups in total. The van der Waals surface area contributed by atoms with Gasteiger partial charge < -0.3 is 68.4 Å². The SMILES string of the molecule is C[C@@H]1NC(=O)[C@H](CCCN=C(N)N)NC(=O)[C@H](Cc2c[nH]c3ccccc23)NC(=O)[C@H](CC(=O)O)NC(=O)[C@@H]2CCCN2C(=O)[C@H](CO)NC(=O)[C@H](Cc2ccccc2)NC(=O)[C@@H]2CCCN2C1=O. The van der Waals surface area contributed by atoms with E-state index in [4.69, 9.17) is 11.5 Å². The van der Waals surface area contributed by atoms with Crippen LogP contribution in [-0.2, 0) is 56.0 Å². The Labute approximate surface area is 396 Å². The fourth-order valence-corrected chi connectivity index (χ4v) is 8.91. The monoisotopic (exact) mass is 956 g/mol. The van der Waals surface area contributed by atoms with Crippen LogP contribution in [-0.4, -0.2) is 159 Å². The number of aliphatic carboxylic acids is 1. The zero-order valence-electron chi connectivity index (χ0n) is 38.1. The molecule has 23 nitrogen and oxygen atoms in total. The summed E-state index contributed by atoms with van der Waals surface area (Å²) in [5.41, 5.74) is 12.9. The topological polar surface area (TPSA) is 353 Å². The number of H-pyrrole nitrogens is 1. The number of rotatable bonds is 11. The average molecular weight is 957 g/mol. The van der Waals surface area contributed by atoms with Gasteiger partial charge in [-0.05, 0) is 62.6 Å². The van der Waals surface area contributed by atoms with Gasteiger partial charge in [-0.15, -0.1) is 0 Å². The minimum atomic E-state index is -1.79. The second-order valence-electron chi connectivity index (χ2n) is 17.4. The Bertz CT molecular complexity index is 2430. The molecule has 3 fully saturated rings. The fraction of sp³-hybridized carbons (Fsp3) is 0.478. The molecule has 69 heavy (non-hydrogen) atoms. The molecule has 3 aliphatic rings. The summed E-state index contributed by atoms with van der Waals surface area (Å²) in [5, 5.41) is 36.7. The van der Waals surface area contributed by atoms with Crippen molar-refractivity contribution in [3.05, 3.63) is 71.9 Å². The minimum Gasteiger partial charge on any atom is -0.481 e. The maximum absolute atomic E-state index is 14.5. The lowest BCUT2D eigenvalue weighted by Gasteiger charge is -2.31. The number of aliphatic hydroxyl groups excluding tert-OH is 1. The molecule has 4 heterocycles. The summed E-state index contributed by atoms with van der Waals surface area (Å²) in [7, 11) is 0. The zero-order chi connectivity index (χ0) is 49.8. The number of hydrogen-bond donors (Lipinski definition) is 11. The molecule has 3 aromatic rings. The van der Waals surface area contributed by atoms with Crippen molar-refractivity contribution in [1.29, 1.82) is 0 Å². The van der Waals surface area contributed by atoms with E-state index in [9.17, 15) is 53.4 Å². The Morgan fingerprint density at radius 3 is 1.84 bits per heavy atom. The van der Waals surface area contributed by atoms with E-state index < -0.39 is 115 Å². The quantitative estimate of drug-likeness (QED) is 0.0534. The molecule has 0 saturated carbocycles. The van der Waals surface area contributed by atoms with Crippen LogP contribution in [0.1, 0.15) is 63.0 Å². The molecule has 2 aromatic carbocycles. The molecule has 3 aliphatic heterocycles. The number of para-hydroxylation sites is 1. The number of aliphatic hydroxyl groups is 1. The largest absolute Gasteiger partial charge is 0.481 e. The highest BCUT2D eigenvalue weighted by atomic mass is 16.4. The molecule has 23 heteroatoms. The van der Waals surface area contributed by atoms with Crippen molar-refractivity contribution in [3.8, 4) is 0 Å². The van der Waals surface area contributed by atoms with Crippen LogP contribution in [0.3, 0.4) is 0 Å². The number of fused-ring (bicyclic) bond motifs is 3. The predicted molar refractivity (Wildman–Crippen MR) is 248 cm³/mol. The van der Waals surface area contributed by atoms with Gasteiger partial charge in [-0.2, -0.15) is 0 Å². The third-order valence-electron chi connectivity index (χ3n) is 12.4. The summed E-state index contributed by atoms with van der Waals surface area (Å²) in [5.74, 6) is -8.37. The van der Waals surface area contributed by atoms with Gasteiger partial charge in [-0.1, -0.05) is 48.5 Å². The van der Waals surface area contributed by atoms with Crippen LogP contribution in [0.5, 0.6) is 0 Å². The normalized spacial score (nSPS) is 25.8. The summed E-state index contributed by atoms with van der Waals surface area (Å²) in [6, 6.07) is 4.68. The van der Waals surface area contributed by atoms with Crippen molar-refractivity contribution < 1.29 is 53.4 Å². The molecule has 0 radical (unpaired) electrons. The lowest BCUT2D eigenvalue weighted by atomic mass is 10.0. The van der Waals surface area contributed by atoms with E-state index in [1.54, 1.807) is 60.8 Å². The number of carboxylic acids is 1. The summed E-state index contributed by atoms with van der Waals surface area (Å²) in [6.07, 6.45) is 1.54. The minimum absolute atomic E-state index is 0.000791. The summed E-state index contributed by atoms with van der Waals surface area (Å²) < 4.78 is 0. The van der Waals surface area contributed by atoms with Gasteiger partial charge in [0.1, 0.15) is 48.3 Å². The molecule has 1 aromatic heterocycles. The number of carboxylic acid groups (broad SMARTS) is 1. The van der Waals surface area contributed by atoms with Gasteiger partial charge >= 0.3 is 5.97 Å². The van der Waals surface area contributed by atoms with Crippen molar-refractivity contribution >= 4 is 70.1 Å². The van der Waals surface area contributed by atoms with Gasteiger partial charge in [0.05, 0.1) is 13.0 Å². The van der Waals surface area contributed by atoms with Crippen LogP contribution < -0.4 is 43.4 Å². The number of guanidine groups is 1. The highest BCUT2D eigenvalue weighted by Crippen LogP contribution is 2.23. The Morgan fingerprint density at radius 1 is 0.667 bits per heavy atom. The van der Waals surface area contributed by atoms with Gasteiger partial charge in [-0.3, -0.25) is 48.1 Å². The first kappa shape index (κ1) is 50.8. The molecule has 3 saturated heterocycles. The standard InChI is InChI=1S/C46H60N12O11/c1-25-44(68)57-18-8-15-35(57)42(66)54-31(20-26-10-3-2-4-11-26)39(63)56-34(24-59)45(69)58-19-9-16-36(58)43(67)55-33(22-37(60)61)41(65)53-32(21-27-23-50-29-13-6-5-12-28(27)29)40(64)52-30(38(62)51-25)14-7-17-49-46(47)48/h2-6,10-13,23,25,30-36,50,59H,7-9,14-22,24H2,1H3,(H,51,62)(H,52,64)(H,53,65)(H,54,66)(H,55,67)(H,56,63)(H,60,61)(H4,47,48,49)/t25-,30-,31-,32-,33-,34-,35-,36-/m0/s1. The number of aliphatic imine (C=N–C) groups is 1. The summed E-state index contributed by atoms with van der Waals surface area (Å²) in [4.78, 5) is 135. The number of amides is 8. The number of nitrogens with zero attached hydrogens (tertiary/aromatic N) is 3. The van der Waals surface area contributed by atoms with Crippen molar-refractivity contribution in [2.24, 2.45) is 16.5 Å². The van der Waals surface area contributed by atoms with Crippen LogP contribution in [0.15, 0.2) is 65.8 Å². The lowest BCUT2D eigenvalue weighted by Crippen LogP contribution is -2.61. The van der Waals surface area contributed by atoms with E-state index in [1.807, 2.05) is 0 Å². The van der Waals surface area contributed by atoms with E-state index in [2.05, 4.69) is 41.9 Å². The van der Waals surface area contributed by atoms with Crippen LogP contribution in [0.25, 0.3) is 10.9 Å². The molecule has 6 rings (SSSR count). The number of carbonyl (C=O) groups is 9. The third-order valence-corrected chi connectivity index (χ3v) is 12.4. The van der Waals surface area contributed by atoms with E-state index in [1.165, 1.54) is 11.8 Å².